The third-order valence-corrected chi connectivity index (χ3v) is 3.98. The normalized spacial score (nSPS) is 31.7. The zero-order valence-electron chi connectivity index (χ0n) is 8.11. The highest BCUT2D eigenvalue weighted by Gasteiger charge is 2.71. The van der Waals surface area contributed by atoms with Gasteiger partial charge in [-0.1, -0.05) is 17.7 Å². The molecule has 4 nitrogen and oxygen atoms in total. The molecule has 0 aromatic heterocycles. The van der Waals surface area contributed by atoms with Crippen molar-refractivity contribution in [2.75, 3.05) is 0 Å². The van der Waals surface area contributed by atoms with Gasteiger partial charge in [0.2, 0.25) is 0 Å². The topological polar surface area (TPSA) is 95.2 Å². The van der Waals surface area contributed by atoms with E-state index >= 15 is 0 Å². The Kier molecular flexibility index (Phi) is 1.96. The standard InChI is InChI=1S/C11H5ClN4/c12-9-2-7-1-8(9)11(5-15,6-16)10(7,3-13)4-14/h2,7-8H,1H2. The Labute approximate surface area is 97.6 Å². The van der Waals surface area contributed by atoms with Gasteiger partial charge in [-0.25, -0.2) is 0 Å². The van der Waals surface area contributed by atoms with E-state index < -0.39 is 22.7 Å². The van der Waals surface area contributed by atoms with Crippen molar-refractivity contribution in [1.29, 1.82) is 21.0 Å². The van der Waals surface area contributed by atoms with Gasteiger partial charge in [0.1, 0.15) is 0 Å². The third kappa shape index (κ3) is 0.784. The van der Waals surface area contributed by atoms with E-state index in [-0.39, 0.29) is 0 Å². The molecule has 0 N–H and O–H groups in total. The van der Waals surface area contributed by atoms with Crippen LogP contribution in [0.1, 0.15) is 6.42 Å². The van der Waals surface area contributed by atoms with Crippen LogP contribution in [0.3, 0.4) is 0 Å². The molecule has 0 heterocycles. The monoisotopic (exact) mass is 228 g/mol. The van der Waals surface area contributed by atoms with E-state index in [0.717, 1.165) is 0 Å². The summed E-state index contributed by atoms with van der Waals surface area (Å²) >= 11 is 5.93. The molecule has 0 spiro atoms. The molecule has 0 saturated heterocycles. The molecule has 16 heavy (non-hydrogen) atoms. The number of allylic oxidation sites excluding steroid dienone is 2. The van der Waals surface area contributed by atoms with E-state index in [0.29, 0.717) is 11.5 Å². The van der Waals surface area contributed by atoms with Crippen molar-refractivity contribution >= 4 is 11.6 Å². The number of halogens is 1. The van der Waals surface area contributed by atoms with Gasteiger partial charge in [0.05, 0.1) is 24.3 Å². The fourth-order valence-corrected chi connectivity index (χ4v) is 3.12. The van der Waals surface area contributed by atoms with Gasteiger partial charge >= 0.3 is 0 Å². The third-order valence-electron chi connectivity index (χ3n) is 3.59. The predicted molar refractivity (Wildman–Crippen MR) is 52.9 cm³/mol. The second-order valence-corrected chi connectivity index (χ2v) is 4.45. The van der Waals surface area contributed by atoms with Crippen molar-refractivity contribution in [3.8, 4) is 24.3 Å². The van der Waals surface area contributed by atoms with Crippen molar-refractivity contribution in [1.82, 2.24) is 0 Å². The summed E-state index contributed by atoms with van der Waals surface area (Å²) in [6.07, 6.45) is 2.06. The van der Waals surface area contributed by atoms with Crippen molar-refractivity contribution < 1.29 is 0 Å². The first kappa shape index (κ1) is 10.5. The van der Waals surface area contributed by atoms with Gasteiger partial charge in [-0.15, -0.1) is 0 Å². The van der Waals surface area contributed by atoms with E-state index in [4.69, 9.17) is 11.6 Å². The lowest BCUT2D eigenvalue weighted by Crippen LogP contribution is -2.42. The van der Waals surface area contributed by atoms with E-state index in [2.05, 4.69) is 0 Å². The Morgan fingerprint density at radius 1 is 1.06 bits per heavy atom. The highest BCUT2D eigenvalue weighted by atomic mass is 35.5. The van der Waals surface area contributed by atoms with Gasteiger partial charge in [0, 0.05) is 16.9 Å². The average molecular weight is 229 g/mol. The summed E-state index contributed by atoms with van der Waals surface area (Å²) in [4.78, 5) is 0. The van der Waals surface area contributed by atoms with Crippen LogP contribution < -0.4 is 0 Å². The average Bonchev–Trinajstić information content (AvgIpc) is 2.81. The van der Waals surface area contributed by atoms with Crippen molar-refractivity contribution in [3.63, 3.8) is 0 Å². The molecule has 2 aliphatic rings. The zero-order chi connectivity index (χ0) is 12.0. The van der Waals surface area contributed by atoms with Crippen LogP contribution in [0.4, 0.5) is 0 Å². The molecular formula is C11H5ClN4. The summed E-state index contributed by atoms with van der Waals surface area (Å²) in [5, 5.41) is 37.2. The molecule has 0 amide bonds. The Morgan fingerprint density at radius 3 is 2.00 bits per heavy atom. The molecular weight excluding hydrogens is 224 g/mol. The first-order valence-electron chi connectivity index (χ1n) is 4.64. The number of nitriles is 4. The van der Waals surface area contributed by atoms with Gasteiger partial charge < -0.3 is 0 Å². The SMILES string of the molecule is N#CC1(C#N)C2C=C(Cl)C(C2)C1(C#N)C#N. The van der Waals surface area contributed by atoms with Crippen LogP contribution >= 0.6 is 11.6 Å². The first-order chi connectivity index (χ1) is 7.61. The molecule has 2 aliphatic carbocycles. The number of fused-ring (bicyclic) bond motifs is 2. The zero-order valence-corrected chi connectivity index (χ0v) is 8.86. The summed E-state index contributed by atoms with van der Waals surface area (Å²) in [6, 6.07) is 7.43. The molecule has 5 heteroatoms. The molecule has 2 bridgehead atoms. The summed E-state index contributed by atoms with van der Waals surface area (Å²) < 4.78 is 0. The Balaban J connectivity index is 2.76. The van der Waals surface area contributed by atoms with Gasteiger partial charge in [-0.2, -0.15) is 21.0 Å². The largest absolute Gasteiger partial charge is 0.196 e. The molecule has 2 atom stereocenters. The lowest BCUT2D eigenvalue weighted by molar-refractivity contribution is 0.273. The Hall–Kier alpha value is -2.01. The minimum absolute atomic E-state index is 0.417. The quantitative estimate of drug-likeness (QED) is 0.632. The predicted octanol–water partition coefficient (Wildman–Crippen LogP) is 1.83. The van der Waals surface area contributed by atoms with Crippen LogP contribution in [0.5, 0.6) is 0 Å². The maximum atomic E-state index is 9.19. The molecule has 0 radical (unpaired) electrons. The van der Waals surface area contributed by atoms with Crippen molar-refractivity contribution in [2.24, 2.45) is 22.7 Å². The van der Waals surface area contributed by atoms with E-state index in [1.54, 1.807) is 6.08 Å². The fourth-order valence-electron chi connectivity index (χ4n) is 2.72. The number of hydrogen-bond acceptors (Lipinski definition) is 4. The van der Waals surface area contributed by atoms with Crippen LogP contribution in [0.25, 0.3) is 0 Å². The van der Waals surface area contributed by atoms with Gasteiger partial charge in [0.25, 0.3) is 0 Å². The molecule has 1 fully saturated rings. The maximum Gasteiger partial charge on any atom is 0.183 e. The van der Waals surface area contributed by atoms with Gasteiger partial charge in [-0.3, -0.25) is 0 Å². The molecule has 0 aromatic carbocycles. The molecule has 1 saturated carbocycles. The molecule has 0 aliphatic heterocycles. The van der Waals surface area contributed by atoms with E-state index in [1.807, 2.05) is 24.3 Å². The Bertz CT molecular complexity index is 520. The van der Waals surface area contributed by atoms with E-state index in [1.165, 1.54) is 0 Å². The second kappa shape index (κ2) is 2.99. The Morgan fingerprint density at radius 2 is 1.56 bits per heavy atom. The first-order valence-corrected chi connectivity index (χ1v) is 5.02. The highest BCUT2D eigenvalue weighted by molar-refractivity contribution is 6.30. The number of nitrogens with zero attached hydrogens (tertiary/aromatic N) is 4. The van der Waals surface area contributed by atoms with Gasteiger partial charge in [-0.05, 0) is 6.42 Å². The maximum absolute atomic E-state index is 9.19. The summed E-state index contributed by atoms with van der Waals surface area (Å²) in [6.45, 7) is 0. The minimum Gasteiger partial charge on any atom is -0.196 e. The van der Waals surface area contributed by atoms with Crippen LogP contribution in [0, 0.1) is 68.0 Å². The van der Waals surface area contributed by atoms with Crippen LogP contribution in [0.15, 0.2) is 11.1 Å². The van der Waals surface area contributed by atoms with Gasteiger partial charge in [0.15, 0.2) is 10.8 Å². The lowest BCUT2D eigenvalue weighted by Gasteiger charge is -2.32. The van der Waals surface area contributed by atoms with Crippen LogP contribution in [-0.4, -0.2) is 0 Å². The summed E-state index contributed by atoms with van der Waals surface area (Å²) in [5.41, 5.74) is -3.22. The van der Waals surface area contributed by atoms with Crippen molar-refractivity contribution in [3.05, 3.63) is 11.1 Å². The lowest BCUT2D eigenvalue weighted by atomic mass is 9.60. The molecule has 0 aromatic rings. The van der Waals surface area contributed by atoms with E-state index in [9.17, 15) is 21.0 Å². The number of rotatable bonds is 0. The highest BCUT2D eigenvalue weighted by Crippen LogP contribution is 2.65. The molecule has 2 rings (SSSR count). The fraction of sp³-hybridized carbons (Fsp3) is 0.455. The minimum atomic E-state index is -1.63. The number of hydrogen-bond donors (Lipinski definition) is 0. The second-order valence-electron chi connectivity index (χ2n) is 4.01. The summed E-state index contributed by atoms with van der Waals surface area (Å²) in [5.74, 6) is -0.923. The van der Waals surface area contributed by atoms with Crippen LogP contribution in [0.2, 0.25) is 0 Å². The molecule has 2 unspecified atom stereocenters. The molecule has 76 valence electrons. The smallest absolute Gasteiger partial charge is 0.183 e. The van der Waals surface area contributed by atoms with Crippen LogP contribution in [-0.2, 0) is 0 Å². The van der Waals surface area contributed by atoms with Crippen molar-refractivity contribution in [2.45, 2.75) is 6.42 Å². The summed E-state index contributed by atoms with van der Waals surface area (Å²) in [7, 11) is 0.